The number of aromatic nitrogens is 2. The Labute approximate surface area is 142 Å². The van der Waals surface area contributed by atoms with E-state index >= 15 is 0 Å². The summed E-state index contributed by atoms with van der Waals surface area (Å²) in [4.78, 5) is 20.7. The third-order valence-electron chi connectivity index (χ3n) is 4.07. The lowest BCUT2D eigenvalue weighted by molar-refractivity contribution is 0.100. The highest BCUT2D eigenvalue weighted by Gasteiger charge is 2.29. The molecule has 2 aromatic heterocycles. The van der Waals surface area contributed by atoms with E-state index in [1.54, 1.807) is 11.8 Å². The second kappa shape index (κ2) is 5.54. The fourth-order valence-corrected chi connectivity index (χ4v) is 4.99. The van der Waals surface area contributed by atoms with Crippen molar-refractivity contribution in [3.05, 3.63) is 46.5 Å². The van der Waals surface area contributed by atoms with Gasteiger partial charge in [-0.15, -0.1) is 23.1 Å². The molecular weight excluding hydrogens is 326 g/mol. The van der Waals surface area contributed by atoms with Crippen molar-refractivity contribution in [2.24, 2.45) is 5.73 Å². The van der Waals surface area contributed by atoms with Gasteiger partial charge in [-0.2, -0.15) is 0 Å². The molecule has 3 aromatic rings. The second-order valence-corrected chi connectivity index (χ2v) is 7.51. The summed E-state index contributed by atoms with van der Waals surface area (Å²) >= 11 is 3.13. The molecule has 116 valence electrons. The van der Waals surface area contributed by atoms with E-state index in [0.717, 1.165) is 51.0 Å². The van der Waals surface area contributed by atoms with Crippen molar-refractivity contribution in [1.82, 2.24) is 9.97 Å². The number of imidazole rings is 1. The summed E-state index contributed by atoms with van der Waals surface area (Å²) in [6, 6.07) is 10.1. The lowest BCUT2D eigenvalue weighted by Crippen LogP contribution is -2.13. The van der Waals surface area contributed by atoms with Crippen LogP contribution in [0.5, 0.6) is 0 Å². The number of benzene rings is 1. The molecule has 0 aliphatic heterocycles. The molecule has 0 bridgehead atoms. The van der Waals surface area contributed by atoms with Gasteiger partial charge >= 0.3 is 0 Å². The zero-order valence-electron chi connectivity index (χ0n) is 12.6. The molecule has 4 rings (SSSR count). The smallest absolute Gasteiger partial charge is 0.259 e. The minimum absolute atomic E-state index is 0.339. The predicted molar refractivity (Wildman–Crippen MR) is 95.0 cm³/mol. The van der Waals surface area contributed by atoms with Crippen molar-refractivity contribution in [2.75, 3.05) is 6.26 Å². The first-order valence-corrected chi connectivity index (χ1v) is 9.37. The van der Waals surface area contributed by atoms with Crippen molar-refractivity contribution in [2.45, 2.75) is 17.1 Å². The van der Waals surface area contributed by atoms with Gasteiger partial charge in [0.1, 0.15) is 5.82 Å². The van der Waals surface area contributed by atoms with E-state index in [-0.39, 0.29) is 5.91 Å². The topological polar surface area (TPSA) is 71.8 Å². The SMILES string of the molecule is CSc1sc(C(N)=O)c2c1-c1nc(-c3ccccc3)[nH]c1CC2. The van der Waals surface area contributed by atoms with Gasteiger partial charge in [-0.1, -0.05) is 30.3 Å². The van der Waals surface area contributed by atoms with Crippen LogP contribution >= 0.6 is 23.1 Å². The fraction of sp³-hybridized carbons (Fsp3) is 0.176. The first kappa shape index (κ1) is 14.5. The van der Waals surface area contributed by atoms with Crippen molar-refractivity contribution in [3.8, 4) is 22.6 Å². The third kappa shape index (κ3) is 2.29. The summed E-state index contributed by atoms with van der Waals surface area (Å²) in [5, 5.41) is 0. The molecule has 1 amide bonds. The molecule has 1 aliphatic rings. The molecule has 0 radical (unpaired) electrons. The third-order valence-corrected chi connectivity index (χ3v) is 6.44. The zero-order chi connectivity index (χ0) is 16.0. The number of H-pyrrole nitrogens is 1. The molecule has 6 heteroatoms. The van der Waals surface area contributed by atoms with Crippen LogP contribution in [-0.4, -0.2) is 22.1 Å². The van der Waals surface area contributed by atoms with Gasteiger partial charge in [0.15, 0.2) is 0 Å². The summed E-state index contributed by atoms with van der Waals surface area (Å²) in [6.07, 6.45) is 3.71. The van der Waals surface area contributed by atoms with Crippen molar-refractivity contribution < 1.29 is 4.79 Å². The molecule has 0 saturated carbocycles. The number of carbonyl (C=O) groups is 1. The zero-order valence-corrected chi connectivity index (χ0v) is 14.2. The molecule has 0 saturated heterocycles. The number of thioether (sulfide) groups is 1. The fourth-order valence-electron chi connectivity index (χ4n) is 3.04. The van der Waals surface area contributed by atoms with Crippen LogP contribution < -0.4 is 5.73 Å². The number of primary amides is 1. The highest BCUT2D eigenvalue weighted by molar-refractivity contribution is 8.00. The molecular formula is C17H15N3OS2. The van der Waals surface area contributed by atoms with E-state index in [4.69, 9.17) is 10.7 Å². The van der Waals surface area contributed by atoms with Crippen LogP contribution in [0.2, 0.25) is 0 Å². The average molecular weight is 341 g/mol. The number of hydrogen-bond donors (Lipinski definition) is 2. The summed E-state index contributed by atoms with van der Waals surface area (Å²) in [5.41, 5.74) is 10.9. The van der Waals surface area contributed by atoms with Gasteiger partial charge in [0, 0.05) is 16.8 Å². The number of nitrogens with two attached hydrogens (primary N) is 1. The Kier molecular flexibility index (Phi) is 3.50. The van der Waals surface area contributed by atoms with Crippen LogP contribution in [-0.2, 0) is 12.8 Å². The molecule has 0 fully saturated rings. The number of carbonyl (C=O) groups excluding carboxylic acids is 1. The van der Waals surface area contributed by atoms with Crippen LogP contribution in [0.4, 0.5) is 0 Å². The largest absolute Gasteiger partial charge is 0.365 e. The Hall–Kier alpha value is -2.05. The number of nitrogens with zero attached hydrogens (tertiary/aromatic N) is 1. The molecule has 1 aliphatic carbocycles. The molecule has 0 atom stereocenters. The summed E-state index contributed by atoms with van der Waals surface area (Å²) < 4.78 is 1.11. The van der Waals surface area contributed by atoms with Crippen LogP contribution in [0.15, 0.2) is 34.5 Å². The van der Waals surface area contributed by atoms with E-state index in [1.165, 1.54) is 11.3 Å². The highest BCUT2D eigenvalue weighted by Crippen LogP contribution is 2.45. The van der Waals surface area contributed by atoms with Crippen molar-refractivity contribution in [1.29, 1.82) is 0 Å². The Morgan fingerprint density at radius 2 is 2.09 bits per heavy atom. The van der Waals surface area contributed by atoms with Crippen LogP contribution in [0.3, 0.4) is 0 Å². The first-order valence-electron chi connectivity index (χ1n) is 7.33. The van der Waals surface area contributed by atoms with Gasteiger partial charge in [0.2, 0.25) is 0 Å². The maximum atomic E-state index is 11.7. The Bertz CT molecular complexity index is 896. The monoisotopic (exact) mass is 341 g/mol. The Morgan fingerprint density at radius 3 is 2.78 bits per heavy atom. The van der Waals surface area contributed by atoms with E-state index < -0.39 is 0 Å². The van der Waals surface area contributed by atoms with Crippen LogP contribution in [0.1, 0.15) is 20.9 Å². The van der Waals surface area contributed by atoms with Gasteiger partial charge in [-0.05, 0) is 24.7 Å². The van der Waals surface area contributed by atoms with E-state index in [0.29, 0.717) is 4.88 Å². The van der Waals surface area contributed by atoms with Gasteiger partial charge in [0.05, 0.1) is 14.8 Å². The maximum Gasteiger partial charge on any atom is 0.259 e. The van der Waals surface area contributed by atoms with Crippen molar-refractivity contribution >= 4 is 29.0 Å². The minimum atomic E-state index is -0.339. The number of aromatic amines is 1. The molecule has 4 nitrogen and oxygen atoms in total. The number of fused-ring (bicyclic) bond motifs is 3. The number of aryl methyl sites for hydroxylation is 1. The standard InChI is InChI=1S/C17H15N3OS2/c1-22-17-12-10(14(23-17)15(18)21)7-8-11-13(12)20-16(19-11)9-5-3-2-4-6-9/h2-6H,7-8H2,1H3,(H2,18,21)(H,19,20). The quantitative estimate of drug-likeness (QED) is 0.713. The summed E-state index contributed by atoms with van der Waals surface area (Å²) in [5.74, 6) is 0.538. The predicted octanol–water partition coefficient (Wildman–Crippen LogP) is 3.72. The Balaban J connectivity index is 1.90. The van der Waals surface area contributed by atoms with E-state index in [2.05, 4.69) is 4.98 Å². The average Bonchev–Trinajstić information content (AvgIpc) is 3.16. The lowest BCUT2D eigenvalue weighted by atomic mass is 9.94. The molecule has 23 heavy (non-hydrogen) atoms. The molecule has 1 aromatic carbocycles. The molecule has 3 N–H and O–H groups in total. The highest BCUT2D eigenvalue weighted by atomic mass is 32.2. The molecule has 0 unspecified atom stereocenters. The van der Waals surface area contributed by atoms with Crippen molar-refractivity contribution in [3.63, 3.8) is 0 Å². The first-order chi connectivity index (χ1) is 11.2. The van der Waals surface area contributed by atoms with Gasteiger partial charge in [-0.3, -0.25) is 4.79 Å². The van der Waals surface area contributed by atoms with Crippen LogP contribution in [0, 0.1) is 0 Å². The molecule has 2 heterocycles. The van der Waals surface area contributed by atoms with E-state index in [9.17, 15) is 4.79 Å². The number of thiophene rings is 1. The second-order valence-electron chi connectivity index (χ2n) is 5.42. The van der Waals surface area contributed by atoms with Crippen LogP contribution in [0.25, 0.3) is 22.6 Å². The van der Waals surface area contributed by atoms with E-state index in [1.807, 2.05) is 36.6 Å². The number of rotatable bonds is 3. The van der Waals surface area contributed by atoms with Gasteiger partial charge in [0.25, 0.3) is 5.91 Å². The normalized spacial score (nSPS) is 12.7. The Morgan fingerprint density at radius 1 is 1.30 bits per heavy atom. The van der Waals surface area contributed by atoms with Gasteiger partial charge in [-0.25, -0.2) is 4.98 Å². The minimum Gasteiger partial charge on any atom is -0.365 e. The lowest BCUT2D eigenvalue weighted by Gasteiger charge is -2.12. The molecule has 0 spiro atoms. The maximum absolute atomic E-state index is 11.7. The number of nitrogens with one attached hydrogen (secondary N) is 1. The summed E-state index contributed by atoms with van der Waals surface area (Å²) in [7, 11) is 0. The number of hydrogen-bond acceptors (Lipinski definition) is 4. The number of amides is 1. The van der Waals surface area contributed by atoms with Gasteiger partial charge < -0.3 is 10.7 Å². The summed E-state index contributed by atoms with van der Waals surface area (Å²) in [6.45, 7) is 0.